The van der Waals surface area contributed by atoms with Crippen LogP contribution in [0.4, 0.5) is 5.82 Å². The van der Waals surface area contributed by atoms with E-state index in [1.54, 1.807) is 42.9 Å². The van der Waals surface area contributed by atoms with Crippen LogP contribution in [0.5, 0.6) is 5.75 Å². The average molecular weight is 577 g/mol. The maximum atomic E-state index is 13.0. The van der Waals surface area contributed by atoms with E-state index in [9.17, 15) is 20.4 Å². The van der Waals surface area contributed by atoms with Gasteiger partial charge < -0.3 is 20.1 Å². The smallest absolute Gasteiger partial charge is 0.271 e. The molecule has 2 fully saturated rings. The first-order valence-corrected chi connectivity index (χ1v) is 14.2. The van der Waals surface area contributed by atoms with E-state index in [4.69, 9.17) is 9.72 Å². The third-order valence-corrected chi connectivity index (χ3v) is 8.24. The van der Waals surface area contributed by atoms with Gasteiger partial charge in [-0.2, -0.15) is 15.6 Å². The van der Waals surface area contributed by atoms with E-state index in [0.717, 1.165) is 42.9 Å². The third-order valence-electron chi connectivity index (χ3n) is 8.24. The zero-order valence-corrected chi connectivity index (χ0v) is 24.3. The lowest BCUT2D eigenvalue weighted by atomic mass is 9.97. The van der Waals surface area contributed by atoms with Crippen LogP contribution in [0, 0.1) is 34.5 Å². The van der Waals surface area contributed by atoms with Crippen molar-refractivity contribution in [3.8, 4) is 29.0 Å². The largest absolute Gasteiger partial charge is 0.489 e. The molecule has 218 valence electrons. The summed E-state index contributed by atoms with van der Waals surface area (Å²) >= 11 is 0. The van der Waals surface area contributed by atoms with E-state index >= 15 is 0 Å². The second-order valence-electron chi connectivity index (χ2n) is 12.4. The van der Waals surface area contributed by atoms with Crippen LogP contribution in [0.1, 0.15) is 55.2 Å². The van der Waals surface area contributed by atoms with E-state index in [1.165, 1.54) is 12.4 Å². The van der Waals surface area contributed by atoms with Gasteiger partial charge in [-0.05, 0) is 75.8 Å². The number of aromatic nitrogens is 4. The second kappa shape index (κ2) is 10.7. The van der Waals surface area contributed by atoms with Crippen molar-refractivity contribution in [2.75, 3.05) is 24.6 Å². The molecule has 5 heterocycles. The molecular formula is C32H32N8O3. The third kappa shape index (κ3) is 5.60. The van der Waals surface area contributed by atoms with E-state index in [2.05, 4.69) is 33.3 Å². The summed E-state index contributed by atoms with van der Waals surface area (Å²) in [6, 6.07) is 13.3. The van der Waals surface area contributed by atoms with Gasteiger partial charge in [0.05, 0.1) is 34.6 Å². The first-order chi connectivity index (χ1) is 20.6. The standard InChI is InChI=1S/C32H32N8O3/c1-31(2,42)19-43-25-9-26(29-24(13-34)15-37-40(29)18-25)21-6-7-27(36-14-21)39-16-22-10-32(3,11-23(22)17-39)38-30(41)28-20(12-33)5-4-8-35-28/h4-9,14-15,18,22-23,42H,10-11,16-17,19H2,1-3H3,(H,38,41)/t22-,23+,32+. The molecule has 0 unspecified atom stereocenters. The van der Waals surface area contributed by atoms with Crippen molar-refractivity contribution in [3.63, 3.8) is 0 Å². The van der Waals surface area contributed by atoms with Crippen LogP contribution in [0.15, 0.2) is 55.1 Å². The van der Waals surface area contributed by atoms with Crippen molar-refractivity contribution >= 4 is 17.2 Å². The number of hydrogen-bond donors (Lipinski definition) is 2. The number of carbonyl (C=O) groups excluding carboxylic acids is 1. The fourth-order valence-corrected chi connectivity index (χ4v) is 6.41. The predicted octanol–water partition coefficient (Wildman–Crippen LogP) is 3.72. The Kier molecular flexibility index (Phi) is 6.99. The van der Waals surface area contributed by atoms with E-state index < -0.39 is 5.60 Å². The van der Waals surface area contributed by atoms with Crippen molar-refractivity contribution in [1.82, 2.24) is 24.9 Å². The molecule has 1 saturated carbocycles. The van der Waals surface area contributed by atoms with Crippen molar-refractivity contribution < 1.29 is 14.6 Å². The lowest BCUT2D eigenvalue weighted by Gasteiger charge is -2.28. The van der Waals surface area contributed by atoms with Crippen LogP contribution in [0.25, 0.3) is 16.6 Å². The van der Waals surface area contributed by atoms with E-state index in [1.807, 2.05) is 24.3 Å². The van der Waals surface area contributed by atoms with Gasteiger partial charge >= 0.3 is 0 Å². The second-order valence-corrected chi connectivity index (χ2v) is 12.4. The molecule has 2 N–H and O–H groups in total. The Hall–Kier alpha value is -5.00. The number of fused-ring (bicyclic) bond motifs is 2. The van der Waals surface area contributed by atoms with Crippen LogP contribution >= 0.6 is 0 Å². The van der Waals surface area contributed by atoms with Crippen molar-refractivity contribution in [3.05, 3.63) is 71.9 Å². The molecule has 11 nitrogen and oxygen atoms in total. The lowest BCUT2D eigenvalue weighted by molar-refractivity contribution is 0.0283. The highest BCUT2D eigenvalue weighted by atomic mass is 16.5. The summed E-state index contributed by atoms with van der Waals surface area (Å²) in [5.41, 5.74) is 1.76. The number of ether oxygens (including phenoxy) is 1. The minimum Gasteiger partial charge on any atom is -0.489 e. The normalized spacial score (nSPS) is 21.3. The minimum absolute atomic E-state index is 0.103. The number of anilines is 1. The molecule has 0 spiro atoms. The molecule has 1 amide bonds. The van der Waals surface area contributed by atoms with Gasteiger partial charge in [-0.1, -0.05) is 0 Å². The van der Waals surface area contributed by atoms with Crippen LogP contribution in [-0.2, 0) is 0 Å². The van der Waals surface area contributed by atoms with E-state index in [-0.39, 0.29) is 29.3 Å². The topological polar surface area (TPSA) is 152 Å². The molecule has 0 bridgehead atoms. The Morgan fingerprint density at radius 3 is 2.53 bits per heavy atom. The summed E-state index contributed by atoms with van der Waals surface area (Å²) in [7, 11) is 0. The highest BCUT2D eigenvalue weighted by Gasteiger charge is 2.48. The number of pyridine rings is 3. The molecule has 1 aliphatic carbocycles. The zero-order valence-electron chi connectivity index (χ0n) is 24.3. The van der Waals surface area contributed by atoms with Crippen LogP contribution in [-0.4, -0.2) is 61.4 Å². The Balaban J connectivity index is 1.17. The summed E-state index contributed by atoms with van der Waals surface area (Å²) in [6.07, 6.45) is 8.22. The van der Waals surface area contributed by atoms with Gasteiger partial charge in [0.1, 0.15) is 36.0 Å². The average Bonchev–Trinajstić information content (AvgIpc) is 3.66. The van der Waals surface area contributed by atoms with Crippen molar-refractivity contribution in [2.45, 2.75) is 44.8 Å². The fourth-order valence-electron chi connectivity index (χ4n) is 6.41. The minimum atomic E-state index is -1.00. The monoisotopic (exact) mass is 576 g/mol. The molecular weight excluding hydrogens is 544 g/mol. The summed E-state index contributed by atoms with van der Waals surface area (Å²) in [4.78, 5) is 24.2. The number of rotatable bonds is 7. The summed E-state index contributed by atoms with van der Waals surface area (Å²) < 4.78 is 7.46. The van der Waals surface area contributed by atoms with Gasteiger partial charge in [0.15, 0.2) is 0 Å². The first-order valence-electron chi connectivity index (χ1n) is 14.2. The molecule has 3 atom stereocenters. The molecule has 2 aliphatic rings. The number of nitrogens with zero attached hydrogens (tertiary/aromatic N) is 7. The zero-order chi connectivity index (χ0) is 30.4. The Morgan fingerprint density at radius 2 is 1.88 bits per heavy atom. The van der Waals surface area contributed by atoms with Gasteiger partial charge in [0.25, 0.3) is 5.91 Å². The number of amides is 1. The molecule has 0 aromatic carbocycles. The quantitative estimate of drug-likeness (QED) is 0.335. The first kappa shape index (κ1) is 28.1. The van der Waals surface area contributed by atoms with Crippen LogP contribution in [0.3, 0.4) is 0 Å². The van der Waals surface area contributed by atoms with Crippen molar-refractivity contribution in [1.29, 1.82) is 10.5 Å². The molecule has 1 saturated heterocycles. The number of hydrogen-bond acceptors (Lipinski definition) is 9. The number of carbonyl (C=O) groups is 1. The molecule has 0 radical (unpaired) electrons. The predicted molar refractivity (Wildman–Crippen MR) is 158 cm³/mol. The SMILES string of the molecule is CC(C)(O)COc1cc(-c2ccc(N3C[C@@H]4C[C@@](C)(NC(=O)c5ncccc5C#N)C[C@@H]4C3)nc2)c2c(C#N)cnn2c1. The summed E-state index contributed by atoms with van der Waals surface area (Å²) in [6.45, 7) is 7.19. The van der Waals surface area contributed by atoms with Gasteiger partial charge in [-0.15, -0.1) is 0 Å². The molecule has 4 aromatic rings. The molecule has 4 aromatic heterocycles. The number of nitriles is 2. The number of aliphatic hydroxyl groups is 1. The molecule has 6 rings (SSSR count). The Bertz CT molecular complexity index is 1760. The fraction of sp³-hybridized carbons (Fsp3) is 0.375. The lowest BCUT2D eigenvalue weighted by Crippen LogP contribution is -2.45. The highest BCUT2D eigenvalue weighted by Crippen LogP contribution is 2.45. The van der Waals surface area contributed by atoms with Crippen LogP contribution < -0.4 is 15.0 Å². The maximum Gasteiger partial charge on any atom is 0.271 e. The highest BCUT2D eigenvalue weighted by molar-refractivity contribution is 5.95. The van der Waals surface area contributed by atoms with Gasteiger partial charge in [-0.25, -0.2) is 14.5 Å². The van der Waals surface area contributed by atoms with E-state index in [0.29, 0.717) is 28.7 Å². The Morgan fingerprint density at radius 1 is 1.14 bits per heavy atom. The summed E-state index contributed by atoms with van der Waals surface area (Å²) in [5.74, 6) is 1.89. The van der Waals surface area contributed by atoms with Gasteiger partial charge in [0.2, 0.25) is 0 Å². The molecule has 43 heavy (non-hydrogen) atoms. The molecule has 1 aliphatic heterocycles. The molecule has 11 heteroatoms. The van der Waals surface area contributed by atoms with Crippen LogP contribution in [0.2, 0.25) is 0 Å². The van der Waals surface area contributed by atoms with Crippen molar-refractivity contribution in [2.24, 2.45) is 11.8 Å². The van der Waals surface area contributed by atoms with Gasteiger partial charge in [-0.3, -0.25) is 4.79 Å². The number of nitrogens with one attached hydrogen (secondary N) is 1. The van der Waals surface area contributed by atoms with Gasteiger partial charge in [0, 0.05) is 42.1 Å². The Labute approximate surface area is 249 Å². The summed E-state index contributed by atoms with van der Waals surface area (Å²) in [5, 5.41) is 36.6. The maximum absolute atomic E-state index is 13.0.